The van der Waals surface area contributed by atoms with Crippen molar-refractivity contribution >= 4 is 35.0 Å². The van der Waals surface area contributed by atoms with Gasteiger partial charge in [-0.2, -0.15) is 0 Å². The number of nitrogens with zero attached hydrogens (tertiary/aromatic N) is 3. The molecule has 40 heavy (non-hydrogen) atoms. The normalized spacial score (nSPS) is 21.4. The van der Waals surface area contributed by atoms with Crippen molar-refractivity contribution in [2.24, 2.45) is 11.3 Å². The molecule has 2 fully saturated rings. The number of fused-ring (bicyclic) bond motifs is 3. The van der Waals surface area contributed by atoms with E-state index in [1.165, 1.54) is 11.9 Å². The Morgan fingerprint density at radius 1 is 1.15 bits per heavy atom. The molecular formula is C30H36ClF2N3O4. The summed E-state index contributed by atoms with van der Waals surface area (Å²) in [5.74, 6) is -2.07. The van der Waals surface area contributed by atoms with Crippen LogP contribution in [-0.2, 0) is 20.7 Å². The van der Waals surface area contributed by atoms with Crippen molar-refractivity contribution in [2.75, 3.05) is 29.9 Å². The highest BCUT2D eigenvalue weighted by molar-refractivity contribution is 6.34. The summed E-state index contributed by atoms with van der Waals surface area (Å²) in [6.07, 6.45) is 3.21. The second-order valence-corrected chi connectivity index (χ2v) is 13.7. The van der Waals surface area contributed by atoms with Crippen LogP contribution in [-0.4, -0.2) is 48.4 Å². The van der Waals surface area contributed by atoms with Crippen LogP contribution in [0.1, 0.15) is 72.1 Å². The fraction of sp³-hybridized carbons (Fsp3) is 0.567. The highest BCUT2D eigenvalue weighted by Crippen LogP contribution is 2.62. The number of hydrogen-bond acceptors (Lipinski definition) is 6. The standard InChI is InChI=1S/C30H36ClF2N3O4/c1-28(2,3)39-22(37)10-16-13-30(16)8-9-36(15-30)26-18(31)14-34-20-11-17-21(35(7)27(38)40-29(4,5)6)12-19(32)25(33)23(17)24(20)26/h12,14,16H,8-11,13,15H2,1-7H3/t16-,30+/m1/s1. The van der Waals surface area contributed by atoms with Crippen LogP contribution in [0.25, 0.3) is 11.1 Å². The van der Waals surface area contributed by atoms with E-state index in [9.17, 15) is 9.59 Å². The van der Waals surface area contributed by atoms with Gasteiger partial charge in [-0.1, -0.05) is 11.6 Å². The summed E-state index contributed by atoms with van der Waals surface area (Å²) in [5.41, 5.74) is 1.07. The van der Waals surface area contributed by atoms with E-state index < -0.39 is 28.9 Å². The van der Waals surface area contributed by atoms with Crippen LogP contribution < -0.4 is 9.80 Å². The molecule has 3 aliphatic rings. The van der Waals surface area contributed by atoms with E-state index in [2.05, 4.69) is 9.88 Å². The van der Waals surface area contributed by atoms with E-state index in [1.807, 2.05) is 20.8 Å². The molecule has 0 unspecified atom stereocenters. The summed E-state index contributed by atoms with van der Waals surface area (Å²) in [5, 5.41) is 0.346. The topological polar surface area (TPSA) is 72.0 Å². The van der Waals surface area contributed by atoms with E-state index >= 15 is 8.78 Å². The summed E-state index contributed by atoms with van der Waals surface area (Å²) >= 11 is 6.70. The van der Waals surface area contributed by atoms with Crippen molar-refractivity contribution in [3.8, 4) is 11.1 Å². The van der Waals surface area contributed by atoms with Gasteiger partial charge in [0.25, 0.3) is 0 Å². The molecule has 0 radical (unpaired) electrons. The Kier molecular flexibility index (Phi) is 6.84. The van der Waals surface area contributed by atoms with Crippen molar-refractivity contribution in [1.82, 2.24) is 4.98 Å². The quantitative estimate of drug-likeness (QED) is 0.315. The molecule has 1 aliphatic heterocycles. The molecule has 7 nitrogen and oxygen atoms in total. The first kappa shape index (κ1) is 28.6. The molecule has 1 aromatic carbocycles. The second-order valence-electron chi connectivity index (χ2n) is 13.3. The Bertz CT molecular complexity index is 1400. The summed E-state index contributed by atoms with van der Waals surface area (Å²) in [7, 11) is 1.48. The molecule has 2 atom stereocenters. The Balaban J connectivity index is 1.46. The Labute approximate surface area is 238 Å². The van der Waals surface area contributed by atoms with Crippen molar-refractivity contribution in [2.45, 2.75) is 78.4 Å². The van der Waals surface area contributed by atoms with Gasteiger partial charge >= 0.3 is 12.1 Å². The molecule has 2 heterocycles. The minimum Gasteiger partial charge on any atom is -0.460 e. The molecule has 10 heteroatoms. The van der Waals surface area contributed by atoms with E-state index in [1.54, 1.807) is 27.0 Å². The number of ether oxygens (including phenoxy) is 2. The minimum atomic E-state index is -1.07. The average molecular weight is 576 g/mol. The van der Waals surface area contributed by atoms with Crippen LogP contribution in [0.4, 0.5) is 25.0 Å². The summed E-state index contributed by atoms with van der Waals surface area (Å²) in [6.45, 7) is 12.1. The lowest BCUT2D eigenvalue weighted by Crippen LogP contribution is -2.34. The third kappa shape index (κ3) is 5.24. The first-order valence-electron chi connectivity index (χ1n) is 13.6. The minimum absolute atomic E-state index is 0.0413. The summed E-state index contributed by atoms with van der Waals surface area (Å²) in [6, 6.07) is 1.03. The van der Waals surface area contributed by atoms with Gasteiger partial charge in [-0.05, 0) is 71.3 Å². The zero-order valence-electron chi connectivity index (χ0n) is 24.1. The predicted molar refractivity (Wildman–Crippen MR) is 150 cm³/mol. The van der Waals surface area contributed by atoms with Gasteiger partial charge in [0, 0.05) is 56.4 Å². The Morgan fingerprint density at radius 2 is 1.82 bits per heavy atom. The molecule has 216 valence electrons. The molecule has 0 bridgehead atoms. The van der Waals surface area contributed by atoms with Crippen molar-refractivity contribution < 1.29 is 27.8 Å². The first-order valence-corrected chi connectivity index (χ1v) is 14.0. The molecule has 0 N–H and O–H groups in total. The molecular weight excluding hydrogens is 540 g/mol. The number of anilines is 2. The number of carbonyl (C=O) groups excluding carboxylic acids is 2. The molecule has 1 saturated carbocycles. The highest BCUT2D eigenvalue weighted by atomic mass is 35.5. The van der Waals surface area contributed by atoms with Gasteiger partial charge in [0.1, 0.15) is 11.2 Å². The lowest BCUT2D eigenvalue weighted by Gasteiger charge is -2.26. The summed E-state index contributed by atoms with van der Waals surface area (Å²) < 4.78 is 41.6. The van der Waals surface area contributed by atoms with E-state index in [0.29, 0.717) is 47.0 Å². The fourth-order valence-electron chi connectivity index (χ4n) is 6.10. The zero-order chi connectivity index (χ0) is 29.4. The maximum atomic E-state index is 15.6. The Hall–Kier alpha value is -2.94. The van der Waals surface area contributed by atoms with Gasteiger partial charge < -0.3 is 14.4 Å². The zero-order valence-corrected chi connectivity index (χ0v) is 24.8. The van der Waals surface area contributed by atoms with Crippen molar-refractivity contribution in [3.05, 3.63) is 40.2 Å². The van der Waals surface area contributed by atoms with Crippen LogP contribution >= 0.6 is 11.6 Å². The first-order chi connectivity index (χ1) is 18.5. The summed E-state index contributed by atoms with van der Waals surface area (Å²) in [4.78, 5) is 33.1. The van der Waals surface area contributed by atoms with Gasteiger partial charge in [-0.25, -0.2) is 13.6 Å². The third-order valence-electron chi connectivity index (χ3n) is 7.91. The number of aromatic nitrogens is 1. The number of pyridine rings is 1. The van der Waals surface area contributed by atoms with E-state index in [0.717, 1.165) is 18.9 Å². The van der Waals surface area contributed by atoms with Gasteiger partial charge in [0.05, 0.1) is 22.1 Å². The lowest BCUT2D eigenvalue weighted by molar-refractivity contribution is -0.155. The predicted octanol–water partition coefficient (Wildman–Crippen LogP) is 6.90. The van der Waals surface area contributed by atoms with Gasteiger partial charge in [0.15, 0.2) is 11.6 Å². The van der Waals surface area contributed by atoms with Gasteiger partial charge in [-0.3, -0.25) is 14.7 Å². The third-order valence-corrected chi connectivity index (χ3v) is 8.18. The number of halogens is 3. The van der Waals surface area contributed by atoms with Crippen molar-refractivity contribution in [1.29, 1.82) is 0 Å². The highest BCUT2D eigenvalue weighted by Gasteiger charge is 2.58. The monoisotopic (exact) mass is 575 g/mol. The molecule has 2 aliphatic carbocycles. The molecule has 1 aromatic heterocycles. The van der Waals surface area contributed by atoms with E-state index in [4.69, 9.17) is 21.1 Å². The smallest absolute Gasteiger partial charge is 0.414 e. The van der Waals surface area contributed by atoms with E-state index in [-0.39, 0.29) is 35.0 Å². The van der Waals surface area contributed by atoms with Gasteiger partial charge in [-0.15, -0.1) is 0 Å². The number of esters is 1. The second kappa shape index (κ2) is 9.57. The average Bonchev–Trinajstić information content (AvgIpc) is 3.13. The van der Waals surface area contributed by atoms with Crippen LogP contribution in [0.15, 0.2) is 12.3 Å². The maximum Gasteiger partial charge on any atom is 0.414 e. The van der Waals surface area contributed by atoms with Crippen LogP contribution in [0, 0.1) is 23.0 Å². The van der Waals surface area contributed by atoms with Crippen LogP contribution in [0.3, 0.4) is 0 Å². The molecule has 1 spiro atoms. The number of hydrogen-bond donors (Lipinski definition) is 0. The van der Waals surface area contributed by atoms with Crippen molar-refractivity contribution in [3.63, 3.8) is 0 Å². The molecule has 1 saturated heterocycles. The largest absolute Gasteiger partial charge is 0.460 e. The lowest BCUT2D eigenvalue weighted by atomic mass is 10.0. The maximum absolute atomic E-state index is 15.6. The Morgan fingerprint density at radius 3 is 2.48 bits per heavy atom. The SMILES string of the molecule is CN(C(=O)OC(C)(C)C)c1cc(F)c(F)c2c1Cc1ncc(Cl)c(N3CC[C@]4(C[C@H]4CC(=O)OC(C)(C)C)C3)c1-2. The van der Waals surface area contributed by atoms with Gasteiger partial charge in [0.2, 0.25) is 0 Å². The molecule has 1 amide bonds. The van der Waals surface area contributed by atoms with Crippen LogP contribution in [0.2, 0.25) is 5.02 Å². The number of carbonyl (C=O) groups is 2. The molecule has 5 rings (SSSR count). The number of rotatable bonds is 4. The number of benzene rings is 1. The van der Waals surface area contributed by atoms with Crippen LogP contribution in [0.5, 0.6) is 0 Å². The fourth-order valence-corrected chi connectivity index (χ4v) is 6.36. The molecule has 2 aromatic rings. The number of amides is 1.